The highest BCUT2D eigenvalue weighted by Crippen LogP contribution is 2.27. The van der Waals surface area contributed by atoms with Crippen LogP contribution < -0.4 is 10.4 Å². The number of para-hydroxylation sites is 1. The SMILES string of the molecule is O=C1NN(c2ccccc2)C(=O)/C1=C/c1ccc(Br)c([N+](=O)[O-])c1. The normalized spacial score (nSPS) is 15.7. The van der Waals surface area contributed by atoms with Gasteiger partial charge in [0.05, 0.1) is 15.1 Å². The van der Waals surface area contributed by atoms with Crippen molar-refractivity contribution in [2.45, 2.75) is 0 Å². The number of hydrogen-bond donors (Lipinski definition) is 1. The predicted molar refractivity (Wildman–Crippen MR) is 90.8 cm³/mol. The summed E-state index contributed by atoms with van der Waals surface area (Å²) in [4.78, 5) is 34.9. The fourth-order valence-electron chi connectivity index (χ4n) is 2.24. The van der Waals surface area contributed by atoms with Crippen molar-refractivity contribution in [3.05, 3.63) is 74.3 Å². The molecular weight excluding hydrogens is 378 g/mol. The van der Waals surface area contributed by atoms with Crippen LogP contribution in [0.5, 0.6) is 0 Å². The van der Waals surface area contributed by atoms with Gasteiger partial charge in [0, 0.05) is 6.07 Å². The Morgan fingerprint density at radius 1 is 1.12 bits per heavy atom. The highest BCUT2D eigenvalue weighted by molar-refractivity contribution is 9.10. The van der Waals surface area contributed by atoms with Crippen molar-refractivity contribution < 1.29 is 14.5 Å². The summed E-state index contributed by atoms with van der Waals surface area (Å²) in [7, 11) is 0. The number of amides is 2. The highest BCUT2D eigenvalue weighted by Gasteiger charge is 2.34. The molecule has 1 aliphatic heterocycles. The quantitative estimate of drug-likeness (QED) is 0.379. The zero-order valence-corrected chi connectivity index (χ0v) is 13.7. The van der Waals surface area contributed by atoms with Gasteiger partial charge in [0.15, 0.2) is 0 Å². The fourth-order valence-corrected chi connectivity index (χ4v) is 2.63. The number of nitro groups is 1. The van der Waals surface area contributed by atoms with Crippen LogP contribution in [0.15, 0.2) is 58.6 Å². The van der Waals surface area contributed by atoms with Crippen LogP contribution in [0.3, 0.4) is 0 Å². The van der Waals surface area contributed by atoms with E-state index in [-0.39, 0.29) is 11.3 Å². The maximum absolute atomic E-state index is 12.4. The first kappa shape index (κ1) is 15.9. The first-order chi connectivity index (χ1) is 11.5. The smallest absolute Gasteiger partial charge is 0.267 e. The van der Waals surface area contributed by atoms with Crippen LogP contribution in [0.25, 0.3) is 6.08 Å². The second-order valence-corrected chi connectivity index (χ2v) is 5.80. The molecule has 0 aromatic heterocycles. The number of hydrazine groups is 1. The van der Waals surface area contributed by atoms with Gasteiger partial charge < -0.3 is 0 Å². The number of nitrogens with one attached hydrogen (secondary N) is 1. The third-order valence-electron chi connectivity index (χ3n) is 3.38. The van der Waals surface area contributed by atoms with Gasteiger partial charge in [-0.25, -0.2) is 5.01 Å². The van der Waals surface area contributed by atoms with Crippen LogP contribution in [-0.2, 0) is 9.59 Å². The molecule has 2 aromatic carbocycles. The molecule has 0 unspecified atom stereocenters. The number of nitro benzene ring substituents is 1. The molecule has 1 N–H and O–H groups in total. The largest absolute Gasteiger partial charge is 0.284 e. The Balaban J connectivity index is 1.96. The number of carbonyl (C=O) groups excluding carboxylic acids is 2. The molecule has 1 saturated heterocycles. The average molecular weight is 388 g/mol. The molecule has 1 aliphatic rings. The Morgan fingerprint density at radius 3 is 2.50 bits per heavy atom. The van der Waals surface area contributed by atoms with Crippen LogP contribution in [0.2, 0.25) is 0 Å². The van der Waals surface area contributed by atoms with Crippen LogP contribution in [0.4, 0.5) is 11.4 Å². The van der Waals surface area contributed by atoms with E-state index in [1.54, 1.807) is 36.4 Å². The summed E-state index contributed by atoms with van der Waals surface area (Å²) in [6.07, 6.45) is 1.33. The monoisotopic (exact) mass is 387 g/mol. The molecule has 0 atom stereocenters. The molecule has 0 aliphatic carbocycles. The number of nitrogens with zero attached hydrogens (tertiary/aromatic N) is 2. The molecule has 1 heterocycles. The van der Waals surface area contributed by atoms with Crippen molar-refractivity contribution >= 4 is 45.2 Å². The lowest BCUT2D eigenvalue weighted by atomic mass is 10.1. The van der Waals surface area contributed by atoms with Gasteiger partial charge in [0.2, 0.25) is 0 Å². The van der Waals surface area contributed by atoms with Crippen molar-refractivity contribution in [3.8, 4) is 0 Å². The maximum atomic E-state index is 12.4. The van der Waals surface area contributed by atoms with Gasteiger partial charge in [-0.15, -0.1) is 0 Å². The van der Waals surface area contributed by atoms with Crippen LogP contribution in [0.1, 0.15) is 5.56 Å². The standard InChI is InChI=1S/C16H10BrN3O4/c17-13-7-6-10(9-14(13)20(23)24)8-12-15(21)18-19(16(12)22)11-4-2-1-3-5-11/h1-9H,(H,18,21)/b12-8+. The Morgan fingerprint density at radius 2 is 1.83 bits per heavy atom. The van der Waals surface area contributed by atoms with Gasteiger partial charge in [0.25, 0.3) is 17.5 Å². The molecule has 0 saturated carbocycles. The Labute approximate surface area is 144 Å². The zero-order chi connectivity index (χ0) is 17.3. The number of carbonyl (C=O) groups is 2. The minimum Gasteiger partial charge on any atom is -0.267 e. The number of rotatable bonds is 3. The third-order valence-corrected chi connectivity index (χ3v) is 4.05. The van der Waals surface area contributed by atoms with Crippen molar-refractivity contribution in [1.29, 1.82) is 0 Å². The summed E-state index contributed by atoms with van der Waals surface area (Å²) in [5.74, 6) is -1.08. The van der Waals surface area contributed by atoms with Gasteiger partial charge in [0.1, 0.15) is 5.57 Å². The molecule has 0 spiro atoms. The van der Waals surface area contributed by atoms with Gasteiger partial charge in [-0.05, 0) is 45.8 Å². The number of anilines is 1. The maximum Gasteiger partial charge on any atom is 0.284 e. The lowest BCUT2D eigenvalue weighted by molar-refractivity contribution is -0.385. The Bertz CT molecular complexity index is 880. The van der Waals surface area contributed by atoms with Crippen LogP contribution in [-0.4, -0.2) is 16.7 Å². The minimum absolute atomic E-state index is 0.0875. The predicted octanol–water partition coefficient (Wildman–Crippen LogP) is 2.82. The molecule has 8 heteroatoms. The van der Waals surface area contributed by atoms with E-state index >= 15 is 0 Å². The summed E-state index contributed by atoms with van der Waals surface area (Å²) >= 11 is 3.09. The van der Waals surface area contributed by atoms with E-state index in [4.69, 9.17) is 0 Å². The van der Waals surface area contributed by atoms with Crippen LogP contribution >= 0.6 is 15.9 Å². The van der Waals surface area contributed by atoms with E-state index in [0.717, 1.165) is 5.01 Å². The molecule has 7 nitrogen and oxygen atoms in total. The van der Waals surface area contributed by atoms with E-state index in [9.17, 15) is 19.7 Å². The van der Waals surface area contributed by atoms with Crippen molar-refractivity contribution in [1.82, 2.24) is 5.43 Å². The van der Waals surface area contributed by atoms with Crippen molar-refractivity contribution in [3.63, 3.8) is 0 Å². The fraction of sp³-hybridized carbons (Fsp3) is 0. The highest BCUT2D eigenvalue weighted by atomic mass is 79.9. The summed E-state index contributed by atoms with van der Waals surface area (Å²) in [5, 5.41) is 12.1. The molecule has 0 radical (unpaired) electrons. The summed E-state index contributed by atoms with van der Waals surface area (Å²) in [6, 6.07) is 13.0. The molecule has 2 aromatic rings. The third kappa shape index (κ3) is 2.91. The van der Waals surface area contributed by atoms with Gasteiger partial charge >= 0.3 is 0 Å². The van der Waals surface area contributed by atoms with E-state index in [1.165, 1.54) is 18.2 Å². The lowest BCUT2D eigenvalue weighted by Crippen LogP contribution is -2.35. The second-order valence-electron chi connectivity index (χ2n) is 4.94. The Hall–Kier alpha value is -3.00. The van der Waals surface area contributed by atoms with Crippen molar-refractivity contribution in [2.75, 3.05) is 5.01 Å². The Kier molecular flexibility index (Phi) is 4.13. The second kappa shape index (κ2) is 6.25. The molecular formula is C16H10BrN3O4. The van der Waals surface area contributed by atoms with E-state index in [1.807, 2.05) is 0 Å². The average Bonchev–Trinajstić information content (AvgIpc) is 2.85. The zero-order valence-electron chi connectivity index (χ0n) is 12.1. The van der Waals surface area contributed by atoms with Crippen molar-refractivity contribution in [2.24, 2.45) is 0 Å². The van der Waals surface area contributed by atoms with Gasteiger partial charge in [-0.2, -0.15) is 0 Å². The number of halogens is 1. The minimum atomic E-state index is -0.561. The topological polar surface area (TPSA) is 92.6 Å². The molecule has 24 heavy (non-hydrogen) atoms. The molecule has 2 amide bonds. The van der Waals surface area contributed by atoms with Gasteiger partial charge in [-0.3, -0.25) is 25.1 Å². The van der Waals surface area contributed by atoms with Gasteiger partial charge in [-0.1, -0.05) is 24.3 Å². The van der Waals surface area contributed by atoms with Crippen LogP contribution in [0, 0.1) is 10.1 Å². The summed E-state index contributed by atoms with van der Waals surface area (Å²) in [6.45, 7) is 0. The first-order valence-electron chi connectivity index (χ1n) is 6.83. The number of benzene rings is 2. The summed E-state index contributed by atoms with van der Waals surface area (Å²) in [5.41, 5.74) is 3.16. The first-order valence-corrected chi connectivity index (χ1v) is 7.63. The number of hydrogen-bond acceptors (Lipinski definition) is 4. The lowest BCUT2D eigenvalue weighted by Gasteiger charge is -2.13. The van der Waals surface area contributed by atoms with E-state index < -0.39 is 16.7 Å². The summed E-state index contributed by atoms with van der Waals surface area (Å²) < 4.78 is 0.322. The molecule has 0 bridgehead atoms. The molecule has 1 fully saturated rings. The van der Waals surface area contributed by atoms with E-state index in [0.29, 0.717) is 15.7 Å². The molecule has 3 rings (SSSR count). The van der Waals surface area contributed by atoms with E-state index in [2.05, 4.69) is 21.4 Å². The molecule has 120 valence electrons.